The van der Waals surface area contributed by atoms with Gasteiger partial charge < -0.3 is 14.9 Å². The van der Waals surface area contributed by atoms with Crippen LogP contribution in [0.15, 0.2) is 111 Å². The molecule has 67 heavy (non-hydrogen) atoms. The predicted molar refractivity (Wildman–Crippen MR) is 241 cm³/mol. The van der Waals surface area contributed by atoms with Gasteiger partial charge in [0, 0.05) is 19.9 Å². The Kier molecular flexibility index (Phi) is 13.3. The normalized spacial score (nSPS) is 16.2. The highest BCUT2D eigenvalue weighted by molar-refractivity contribution is 7.91. The van der Waals surface area contributed by atoms with Crippen LogP contribution in [0.2, 0.25) is 0 Å². The molecule has 2 aliphatic carbocycles. The zero-order chi connectivity index (χ0) is 49.6. The van der Waals surface area contributed by atoms with Crippen molar-refractivity contribution in [2.75, 3.05) is 18.0 Å². The van der Waals surface area contributed by atoms with Crippen LogP contribution in [0.3, 0.4) is 0 Å². The number of allylic oxidation sites excluding steroid dienone is 2. The molecule has 0 heterocycles. The molecule has 0 amide bonds. The molecule has 0 fully saturated rings. The fourth-order valence-corrected chi connectivity index (χ4v) is 8.66. The molecule has 350 valence electrons. The molecule has 4 aromatic rings. The van der Waals surface area contributed by atoms with Gasteiger partial charge in [-0.05, 0) is 90.4 Å². The number of aliphatic hydroxyl groups is 2. The number of ketones is 2. The number of hydrogen-bond acceptors (Lipinski definition) is 19. The molecule has 0 saturated carbocycles. The molecule has 0 bridgehead atoms. The van der Waals surface area contributed by atoms with E-state index in [-0.39, 0.29) is 34.1 Å². The largest absolute Gasteiger partial charge is 0.497 e. The lowest BCUT2D eigenvalue weighted by Gasteiger charge is -2.19. The van der Waals surface area contributed by atoms with Gasteiger partial charge in [0.2, 0.25) is 11.6 Å². The van der Waals surface area contributed by atoms with Gasteiger partial charge in [-0.25, -0.2) is 9.98 Å². The maximum atomic E-state index is 13.8. The number of nitrogens with zero attached hydrogens (tertiary/aromatic N) is 6. The van der Waals surface area contributed by atoms with Crippen molar-refractivity contribution >= 4 is 122 Å². The number of Topliss-reactive ketones (excluding diaryl/α,β-unsaturated/α-hetero) is 2. The third-order valence-corrected chi connectivity index (χ3v) is 12.5. The Hall–Kier alpha value is -7.38. The first-order valence-corrected chi connectivity index (χ1v) is 24.0. The molecule has 0 radical (unpaired) electrons. The summed E-state index contributed by atoms with van der Waals surface area (Å²) in [5.74, 6) is -3.57. The van der Waals surface area contributed by atoms with Crippen LogP contribution in [-0.4, -0.2) is 104 Å². The molecular weight excluding hydrogens is 969 g/mol. The predicted octanol–water partition coefficient (Wildman–Crippen LogP) is 5.91. The molecule has 0 atom stereocenters. The molecule has 29 heteroatoms. The monoisotopic (exact) mass is 1000 g/mol. The number of aliphatic imine (C=N–C) groups is 2. The lowest BCUT2D eigenvalue weighted by atomic mass is 9.93. The van der Waals surface area contributed by atoms with E-state index in [1.165, 1.54) is 43.5 Å². The minimum absolute atomic E-state index is 0.0325. The summed E-state index contributed by atoms with van der Waals surface area (Å²) in [7, 11) is -19.0. The number of anilines is 2. The standard InChI is InChI=1S/C38H32N8O17S4/c1-17-9-27(44-46-36-32(67(60,61)62)13-21-11-25(65(54,55)56)15-29(40-19(3)48)34(21)38(36)50)30(63-4)16-26(17)43-41-22-5-7-23(8-6-22)42-45-35-31(66(57,58)59)12-20-10-24(64(51,52)53)14-28(39-18(2)47)33(20)37(35)49/h5-16,42,44H,1-4H3,(H,39,47)(H,40,48)(H,51,52,53)(H,54,55,56)(H,57,58,59)(H,60,61,62)/b43-41?,45-35-,46-36-. The molecule has 0 aromatic heterocycles. The van der Waals surface area contributed by atoms with Gasteiger partial charge in [-0.1, -0.05) is 0 Å². The Labute approximate surface area is 379 Å². The molecule has 0 saturated heterocycles. The Morgan fingerprint density at radius 3 is 1.43 bits per heavy atom. The summed E-state index contributed by atoms with van der Waals surface area (Å²) >= 11 is 0. The van der Waals surface area contributed by atoms with E-state index in [1.807, 2.05) is 0 Å². The highest BCUT2D eigenvalue weighted by atomic mass is 32.2. The van der Waals surface area contributed by atoms with Crippen molar-refractivity contribution in [1.29, 1.82) is 0 Å². The number of nitrogens with one attached hydrogen (secondary N) is 2. The molecule has 0 aliphatic heterocycles. The first-order chi connectivity index (χ1) is 31.1. The third kappa shape index (κ3) is 10.8. The number of benzene rings is 4. The topological polar surface area (TPSA) is 400 Å². The van der Waals surface area contributed by atoms with Gasteiger partial charge in [-0.15, -0.1) is 0 Å². The molecular formula is C38H32N8O17S4. The van der Waals surface area contributed by atoms with E-state index in [0.29, 0.717) is 5.56 Å². The average molecular weight is 1000 g/mol. The number of aliphatic hydroxyl groups excluding tert-OH is 2. The first-order valence-electron chi connectivity index (χ1n) is 18.2. The quantitative estimate of drug-likeness (QED) is 0.0253. The minimum atomic E-state index is -5.22. The van der Waals surface area contributed by atoms with Crippen LogP contribution >= 0.6 is 0 Å². The molecule has 6 rings (SSSR count). The van der Waals surface area contributed by atoms with E-state index in [4.69, 9.17) is 4.74 Å². The summed E-state index contributed by atoms with van der Waals surface area (Å²) < 4.78 is 142. The molecule has 8 N–H and O–H groups in total. The smallest absolute Gasteiger partial charge is 0.296 e. The zero-order valence-corrected chi connectivity index (χ0v) is 37.7. The van der Waals surface area contributed by atoms with E-state index >= 15 is 0 Å². The Morgan fingerprint density at radius 1 is 0.582 bits per heavy atom. The highest BCUT2D eigenvalue weighted by Gasteiger charge is 2.37. The van der Waals surface area contributed by atoms with Gasteiger partial charge in [-0.2, -0.15) is 54.1 Å². The van der Waals surface area contributed by atoms with Crippen molar-refractivity contribution in [2.24, 2.45) is 30.4 Å². The van der Waals surface area contributed by atoms with Gasteiger partial charge >= 0.3 is 0 Å². The van der Waals surface area contributed by atoms with Crippen LogP contribution in [0.1, 0.15) is 51.3 Å². The van der Waals surface area contributed by atoms with Gasteiger partial charge in [0.15, 0.2) is 23.2 Å². The maximum Gasteiger partial charge on any atom is 0.296 e. The Bertz CT molecular complexity index is 3520. The fraction of sp³-hybridized carbons (Fsp3) is 0.105. The van der Waals surface area contributed by atoms with E-state index in [2.05, 4.69) is 41.3 Å². The van der Waals surface area contributed by atoms with Crippen molar-refractivity contribution in [1.82, 2.24) is 0 Å². The Morgan fingerprint density at radius 2 is 1.03 bits per heavy atom. The van der Waals surface area contributed by atoms with E-state index in [0.717, 1.165) is 50.3 Å². The summed E-state index contributed by atoms with van der Waals surface area (Å²) in [4.78, 5) is 31.2. The number of carbonyl (C=O) groups is 2. The number of rotatable bonds is 13. The van der Waals surface area contributed by atoms with Crippen LogP contribution < -0.4 is 15.6 Å². The second kappa shape index (κ2) is 18.1. The third-order valence-electron chi connectivity index (χ3n) is 9.13. The van der Waals surface area contributed by atoms with Crippen LogP contribution in [0.4, 0.5) is 34.1 Å². The maximum absolute atomic E-state index is 13.8. The molecule has 0 spiro atoms. The Balaban J connectivity index is 1.26. The van der Waals surface area contributed by atoms with E-state index in [1.54, 1.807) is 6.92 Å². The fourth-order valence-electron chi connectivity index (χ4n) is 6.27. The lowest BCUT2D eigenvalue weighted by Crippen LogP contribution is -2.27. The van der Waals surface area contributed by atoms with Gasteiger partial charge in [-0.3, -0.25) is 38.7 Å². The summed E-state index contributed by atoms with van der Waals surface area (Å²) in [5, 5.41) is 35.8. The molecule has 2 aliphatic rings. The van der Waals surface area contributed by atoms with Gasteiger partial charge in [0.1, 0.15) is 15.6 Å². The number of methoxy groups -OCH3 is 1. The van der Waals surface area contributed by atoms with E-state index in [9.17, 15) is 71.7 Å². The average Bonchev–Trinajstić information content (AvgIpc) is 3.20. The number of aryl methyl sites for hydroxylation is 1. The van der Waals surface area contributed by atoms with Crippen molar-refractivity contribution in [2.45, 2.75) is 30.6 Å². The van der Waals surface area contributed by atoms with Crippen molar-refractivity contribution in [3.8, 4) is 5.75 Å². The molecule has 25 nitrogen and oxygen atoms in total. The van der Waals surface area contributed by atoms with Crippen LogP contribution in [0.25, 0.3) is 12.2 Å². The van der Waals surface area contributed by atoms with Gasteiger partial charge in [0.05, 0.1) is 62.2 Å². The van der Waals surface area contributed by atoms with Crippen molar-refractivity contribution in [3.63, 3.8) is 0 Å². The second-order valence-corrected chi connectivity index (χ2v) is 19.6. The number of fused-ring (bicyclic) bond motifs is 2. The number of azo groups is 1. The van der Waals surface area contributed by atoms with Crippen LogP contribution in [0.5, 0.6) is 5.75 Å². The number of carbonyl (C=O) groups excluding carboxylic acids is 2. The van der Waals surface area contributed by atoms with Gasteiger partial charge in [0.25, 0.3) is 40.5 Å². The zero-order valence-electron chi connectivity index (χ0n) is 34.4. The van der Waals surface area contributed by atoms with E-state index < -0.39 is 123 Å². The minimum Gasteiger partial charge on any atom is -0.497 e. The first kappa shape index (κ1) is 49.1. The SMILES string of the molecule is COc1cc(N=Nc2ccc(N/N=C3\C(=O)c4c(cc(S(=O)(=O)O)cc4N=C(C)O)C=C3S(=O)(=O)O)cc2)c(C)cc1N/N=C1\C(=O)c2c(cc(S(=O)(=O)O)cc2N=C(C)O)C=C1S(=O)(=O)O. The lowest BCUT2D eigenvalue weighted by molar-refractivity contribution is 0.105. The highest BCUT2D eigenvalue weighted by Crippen LogP contribution is 2.38. The summed E-state index contributed by atoms with van der Waals surface area (Å²) in [6.45, 7) is 3.79. The van der Waals surface area contributed by atoms with Crippen LogP contribution in [-0.2, 0) is 40.5 Å². The molecule has 0 unspecified atom stereocenters. The summed E-state index contributed by atoms with van der Waals surface area (Å²) in [6.07, 6.45) is 1.46. The van der Waals surface area contributed by atoms with Crippen molar-refractivity contribution < 1.29 is 76.4 Å². The summed E-state index contributed by atoms with van der Waals surface area (Å²) in [5.41, 5.74) is 1.78. The number of hydrazone groups is 2. The van der Waals surface area contributed by atoms with Crippen LogP contribution in [0, 0.1) is 6.92 Å². The number of hydrogen-bond donors (Lipinski definition) is 8. The molecule has 4 aromatic carbocycles. The van der Waals surface area contributed by atoms with Crippen molar-refractivity contribution in [3.05, 3.63) is 98.3 Å². The number of ether oxygens (including phenoxy) is 1. The second-order valence-electron chi connectivity index (χ2n) is 13.9. The summed E-state index contributed by atoms with van der Waals surface area (Å²) in [6, 6.07) is 11.5.